The Morgan fingerprint density at radius 1 is 1.17 bits per heavy atom. The first-order valence-electron chi connectivity index (χ1n) is 10.7. The number of ether oxygens (including phenoxy) is 1. The number of H-pyrrole nitrogens is 1. The number of hydrogen-bond donors (Lipinski definition) is 1. The second kappa shape index (κ2) is 8.90. The van der Waals surface area contributed by atoms with Gasteiger partial charge in [0.25, 0.3) is 0 Å². The molecule has 0 aliphatic rings. The van der Waals surface area contributed by atoms with Crippen LogP contribution in [0.2, 0.25) is 0 Å². The van der Waals surface area contributed by atoms with E-state index in [1.807, 2.05) is 48.7 Å². The molecule has 8 nitrogen and oxygen atoms in total. The number of fused-ring (bicyclic) bond motifs is 1. The van der Waals surface area contributed by atoms with Crippen LogP contribution in [0, 0.1) is 36.5 Å². The summed E-state index contributed by atoms with van der Waals surface area (Å²) in [4.78, 5) is 17.2. The van der Waals surface area contributed by atoms with E-state index >= 15 is 0 Å². The number of thiophene rings is 1. The van der Waals surface area contributed by atoms with Gasteiger partial charge in [-0.05, 0) is 49.8 Å². The molecule has 35 heavy (non-hydrogen) atoms. The van der Waals surface area contributed by atoms with Gasteiger partial charge in [-0.25, -0.2) is 9.97 Å². The van der Waals surface area contributed by atoms with Crippen LogP contribution in [0.15, 0.2) is 48.8 Å². The number of pyridine rings is 2. The Labute approximate surface area is 205 Å². The first kappa shape index (κ1) is 22.1. The summed E-state index contributed by atoms with van der Waals surface area (Å²) in [5.74, 6) is 0.907. The summed E-state index contributed by atoms with van der Waals surface area (Å²) in [5, 5.41) is 20.5. The Hall–Kier alpha value is -4.73. The van der Waals surface area contributed by atoms with Crippen LogP contribution in [0.1, 0.15) is 28.3 Å². The molecule has 0 spiro atoms. The van der Waals surface area contributed by atoms with E-state index in [2.05, 4.69) is 32.1 Å². The zero-order chi connectivity index (χ0) is 24.5. The van der Waals surface area contributed by atoms with Gasteiger partial charge >= 0.3 is 0 Å². The van der Waals surface area contributed by atoms with Gasteiger partial charge in [0.05, 0.1) is 46.0 Å². The summed E-state index contributed by atoms with van der Waals surface area (Å²) in [6.45, 7) is 3.96. The van der Waals surface area contributed by atoms with Crippen LogP contribution in [0.3, 0.4) is 0 Å². The number of aromatic amines is 1. The Kier molecular flexibility index (Phi) is 5.61. The van der Waals surface area contributed by atoms with E-state index < -0.39 is 0 Å². The Morgan fingerprint density at radius 3 is 2.74 bits per heavy atom. The molecule has 5 heterocycles. The molecule has 5 aromatic heterocycles. The maximum absolute atomic E-state index is 9.89. The van der Waals surface area contributed by atoms with Gasteiger partial charge in [0.1, 0.15) is 23.0 Å². The lowest BCUT2D eigenvalue weighted by Crippen LogP contribution is -1.98. The van der Waals surface area contributed by atoms with Crippen LogP contribution in [0.5, 0.6) is 5.88 Å². The van der Waals surface area contributed by atoms with Crippen molar-refractivity contribution in [2.75, 3.05) is 7.11 Å². The highest BCUT2D eigenvalue weighted by Crippen LogP contribution is 2.36. The molecule has 0 aliphatic heterocycles. The average Bonchev–Trinajstić information content (AvgIpc) is 3.57. The topological polar surface area (TPSA) is 116 Å². The molecule has 0 radical (unpaired) electrons. The van der Waals surface area contributed by atoms with E-state index in [1.165, 1.54) is 11.3 Å². The first-order valence-corrected chi connectivity index (χ1v) is 11.5. The van der Waals surface area contributed by atoms with Crippen molar-refractivity contribution in [2.45, 2.75) is 13.8 Å². The number of nitriles is 2. The molecule has 0 aromatic carbocycles. The van der Waals surface area contributed by atoms with Crippen LogP contribution in [0.25, 0.3) is 38.3 Å². The Morgan fingerprint density at radius 2 is 2.03 bits per heavy atom. The molecule has 0 saturated heterocycles. The lowest BCUT2D eigenvalue weighted by atomic mass is 10.1. The number of aryl methyl sites for hydroxylation is 1. The minimum absolute atomic E-state index is 0.390. The predicted octanol–water partition coefficient (Wildman–Crippen LogP) is 5.43. The fourth-order valence-corrected chi connectivity index (χ4v) is 5.15. The smallest absolute Gasteiger partial charge is 0.215 e. The Bertz CT molecular complexity index is 1680. The van der Waals surface area contributed by atoms with Crippen molar-refractivity contribution in [2.24, 2.45) is 0 Å². The van der Waals surface area contributed by atoms with Crippen LogP contribution in [-0.4, -0.2) is 31.6 Å². The van der Waals surface area contributed by atoms with Crippen LogP contribution >= 0.6 is 11.3 Å². The number of hydrogen-bond acceptors (Lipinski definition) is 7. The summed E-state index contributed by atoms with van der Waals surface area (Å²) < 4.78 is 7.21. The lowest BCUT2D eigenvalue weighted by Gasteiger charge is -2.07. The van der Waals surface area contributed by atoms with Crippen LogP contribution in [-0.2, 0) is 0 Å². The zero-order valence-electron chi connectivity index (χ0n) is 19.2. The van der Waals surface area contributed by atoms with Crippen molar-refractivity contribution in [3.63, 3.8) is 0 Å². The molecule has 0 fully saturated rings. The van der Waals surface area contributed by atoms with Crippen molar-refractivity contribution in [3.8, 4) is 33.6 Å². The highest BCUT2D eigenvalue weighted by Gasteiger charge is 2.18. The SMILES string of the molecule is COc1cc2nc(C(C#N)=Cc3cc(C)n(-c4sc(-c5ccccn5)cc4C#N)c3C)[nH]c2cn1. The van der Waals surface area contributed by atoms with Crippen molar-refractivity contribution >= 4 is 34.0 Å². The number of imidazole rings is 1. The highest BCUT2D eigenvalue weighted by atomic mass is 32.1. The second-order valence-electron chi connectivity index (χ2n) is 7.82. The van der Waals surface area contributed by atoms with E-state index in [4.69, 9.17) is 4.74 Å². The number of allylic oxidation sites excluding steroid dienone is 1. The van der Waals surface area contributed by atoms with E-state index in [1.54, 1.807) is 31.6 Å². The fraction of sp³-hybridized carbons (Fsp3) is 0.115. The zero-order valence-corrected chi connectivity index (χ0v) is 20.0. The number of rotatable bonds is 5. The third-order valence-electron chi connectivity index (χ3n) is 5.65. The second-order valence-corrected chi connectivity index (χ2v) is 8.85. The fourth-order valence-electron chi connectivity index (χ4n) is 3.95. The standard InChI is InChI=1S/C26H19N7OS/c1-15-8-17(9-18(12-27)25-31-21-11-24(34-3)30-14-22(21)32-25)16(2)33(15)26-19(13-28)10-23(35-26)20-6-4-5-7-29-20/h4-11,14H,1-3H3,(H,31,32). The number of methoxy groups -OCH3 is 1. The first-order chi connectivity index (χ1) is 17.0. The minimum atomic E-state index is 0.390. The monoisotopic (exact) mass is 477 g/mol. The number of nitrogens with one attached hydrogen (secondary N) is 1. The average molecular weight is 478 g/mol. The Balaban J connectivity index is 1.58. The van der Waals surface area contributed by atoms with E-state index in [0.29, 0.717) is 33.9 Å². The molecule has 5 aromatic rings. The van der Waals surface area contributed by atoms with Gasteiger partial charge in [-0.1, -0.05) is 6.07 Å². The third-order valence-corrected chi connectivity index (χ3v) is 6.79. The molecule has 0 atom stereocenters. The molecule has 0 saturated carbocycles. The predicted molar refractivity (Wildman–Crippen MR) is 135 cm³/mol. The van der Waals surface area contributed by atoms with Gasteiger partial charge in [0.2, 0.25) is 5.88 Å². The van der Waals surface area contributed by atoms with Gasteiger partial charge in [0.15, 0.2) is 0 Å². The third kappa shape index (κ3) is 3.95. The van der Waals surface area contributed by atoms with Gasteiger partial charge in [-0.15, -0.1) is 11.3 Å². The molecule has 9 heteroatoms. The van der Waals surface area contributed by atoms with E-state index in [9.17, 15) is 10.5 Å². The number of nitrogens with zero attached hydrogens (tertiary/aromatic N) is 6. The summed E-state index contributed by atoms with van der Waals surface area (Å²) in [7, 11) is 1.54. The van der Waals surface area contributed by atoms with Gasteiger partial charge in [0, 0.05) is 23.7 Å². The molecule has 5 rings (SSSR count). The molecule has 0 aliphatic carbocycles. The molecule has 170 valence electrons. The van der Waals surface area contributed by atoms with Crippen molar-refractivity contribution in [3.05, 3.63) is 77.1 Å². The van der Waals surface area contributed by atoms with Gasteiger partial charge in [-0.3, -0.25) is 4.98 Å². The van der Waals surface area contributed by atoms with Gasteiger partial charge in [-0.2, -0.15) is 10.5 Å². The molecule has 0 unspecified atom stereocenters. The minimum Gasteiger partial charge on any atom is -0.481 e. The van der Waals surface area contributed by atoms with Crippen molar-refractivity contribution in [1.29, 1.82) is 10.5 Å². The van der Waals surface area contributed by atoms with Gasteiger partial charge < -0.3 is 14.3 Å². The molecule has 0 amide bonds. The maximum atomic E-state index is 9.89. The highest BCUT2D eigenvalue weighted by molar-refractivity contribution is 7.18. The summed E-state index contributed by atoms with van der Waals surface area (Å²) in [6.07, 6.45) is 5.18. The van der Waals surface area contributed by atoms with E-state index in [-0.39, 0.29) is 0 Å². The summed E-state index contributed by atoms with van der Waals surface area (Å²) >= 11 is 1.51. The largest absolute Gasteiger partial charge is 0.481 e. The number of aromatic nitrogens is 5. The molecular formula is C26H19N7OS. The van der Waals surface area contributed by atoms with Crippen molar-refractivity contribution < 1.29 is 4.74 Å². The van der Waals surface area contributed by atoms with E-state index in [0.717, 1.165) is 32.5 Å². The molecular weight excluding hydrogens is 458 g/mol. The normalized spacial score (nSPS) is 11.4. The molecule has 1 N–H and O–H groups in total. The van der Waals surface area contributed by atoms with Crippen molar-refractivity contribution in [1.82, 2.24) is 24.5 Å². The quantitative estimate of drug-likeness (QED) is 0.337. The lowest BCUT2D eigenvalue weighted by molar-refractivity contribution is 0.398. The van der Waals surface area contributed by atoms with Crippen LogP contribution < -0.4 is 4.74 Å². The molecule has 0 bridgehead atoms. The summed E-state index contributed by atoms with van der Waals surface area (Å²) in [5.41, 5.74) is 5.91. The maximum Gasteiger partial charge on any atom is 0.215 e. The van der Waals surface area contributed by atoms with Crippen LogP contribution in [0.4, 0.5) is 0 Å². The summed E-state index contributed by atoms with van der Waals surface area (Å²) in [6, 6.07) is 15.9.